The highest BCUT2D eigenvalue weighted by molar-refractivity contribution is 7.89. The van der Waals surface area contributed by atoms with Crippen molar-refractivity contribution in [1.29, 1.82) is 0 Å². The molecule has 0 aliphatic rings. The van der Waals surface area contributed by atoms with E-state index in [-0.39, 0.29) is 16.2 Å². The molecular formula is C18H16FNO5S. The Morgan fingerprint density at radius 3 is 2.58 bits per heavy atom. The first-order valence-electron chi connectivity index (χ1n) is 7.74. The highest BCUT2D eigenvalue weighted by Crippen LogP contribution is 2.28. The lowest BCUT2D eigenvalue weighted by Crippen LogP contribution is -2.27. The molecule has 136 valence electrons. The van der Waals surface area contributed by atoms with E-state index in [0.717, 1.165) is 0 Å². The number of carboxylic acids is 1. The van der Waals surface area contributed by atoms with Gasteiger partial charge in [-0.05, 0) is 30.7 Å². The second-order valence-corrected chi connectivity index (χ2v) is 7.52. The first kappa shape index (κ1) is 18.1. The van der Waals surface area contributed by atoms with Crippen LogP contribution >= 0.6 is 0 Å². The number of carbonyl (C=O) groups is 1. The molecule has 1 heterocycles. The fourth-order valence-electron chi connectivity index (χ4n) is 2.62. The minimum Gasteiger partial charge on any atom is -0.475 e. The standard InChI is InChI=1S/C18H16FNO5S/c1-11-14-9-13(7-8-16(14)25-17(11)18(21)22)26(23,24)20-10-15(19)12-5-3-2-4-6-12/h2-9,15,20H,10H2,1H3,(H,21,22). The number of hydrogen-bond donors (Lipinski definition) is 2. The van der Waals surface area contributed by atoms with Crippen LogP contribution < -0.4 is 4.72 Å². The molecule has 3 rings (SSSR count). The molecule has 1 unspecified atom stereocenters. The smallest absolute Gasteiger partial charge is 0.372 e. The highest BCUT2D eigenvalue weighted by atomic mass is 32.2. The Labute approximate surface area is 149 Å². The predicted octanol–water partition coefficient (Wildman–Crippen LogP) is 3.43. The number of benzene rings is 2. The number of aryl methyl sites for hydroxylation is 1. The van der Waals surface area contributed by atoms with Crippen molar-refractivity contribution in [3.63, 3.8) is 0 Å². The van der Waals surface area contributed by atoms with E-state index in [9.17, 15) is 17.6 Å². The van der Waals surface area contributed by atoms with E-state index in [1.807, 2.05) is 0 Å². The van der Waals surface area contributed by atoms with Crippen LogP contribution in [0, 0.1) is 6.92 Å². The van der Waals surface area contributed by atoms with Crippen LogP contribution in [0.25, 0.3) is 11.0 Å². The van der Waals surface area contributed by atoms with Crippen LogP contribution in [-0.4, -0.2) is 26.0 Å². The van der Waals surface area contributed by atoms with Crippen LogP contribution in [0.3, 0.4) is 0 Å². The molecule has 26 heavy (non-hydrogen) atoms. The third-order valence-electron chi connectivity index (χ3n) is 4.03. The van der Waals surface area contributed by atoms with Gasteiger partial charge in [0.15, 0.2) is 0 Å². The van der Waals surface area contributed by atoms with Crippen molar-refractivity contribution in [2.75, 3.05) is 6.54 Å². The average Bonchev–Trinajstić information content (AvgIpc) is 2.97. The lowest BCUT2D eigenvalue weighted by Gasteiger charge is -2.11. The summed E-state index contributed by atoms with van der Waals surface area (Å²) in [6, 6.07) is 12.2. The Hall–Kier alpha value is -2.71. The van der Waals surface area contributed by atoms with Crippen molar-refractivity contribution in [2.24, 2.45) is 0 Å². The monoisotopic (exact) mass is 377 g/mol. The first-order valence-corrected chi connectivity index (χ1v) is 9.23. The number of hydrogen-bond acceptors (Lipinski definition) is 4. The fourth-order valence-corrected chi connectivity index (χ4v) is 3.67. The topological polar surface area (TPSA) is 96.6 Å². The summed E-state index contributed by atoms with van der Waals surface area (Å²) in [5.41, 5.74) is 0.978. The van der Waals surface area contributed by atoms with E-state index in [1.54, 1.807) is 30.3 Å². The molecule has 2 N–H and O–H groups in total. The van der Waals surface area contributed by atoms with Gasteiger partial charge in [0.05, 0.1) is 4.90 Å². The minimum atomic E-state index is -3.96. The highest BCUT2D eigenvalue weighted by Gasteiger charge is 2.21. The lowest BCUT2D eigenvalue weighted by molar-refractivity contribution is 0.0664. The zero-order valence-electron chi connectivity index (χ0n) is 13.8. The number of furan rings is 1. The lowest BCUT2D eigenvalue weighted by atomic mass is 10.1. The number of carboxylic acid groups (broad SMARTS) is 1. The molecule has 0 saturated heterocycles. The summed E-state index contributed by atoms with van der Waals surface area (Å²) in [7, 11) is -3.96. The molecule has 3 aromatic rings. The summed E-state index contributed by atoms with van der Waals surface area (Å²) in [5, 5.41) is 9.46. The number of halogens is 1. The SMILES string of the molecule is Cc1c(C(=O)O)oc2ccc(S(=O)(=O)NCC(F)c3ccccc3)cc12. The van der Waals surface area contributed by atoms with Crippen LogP contribution in [0.1, 0.15) is 27.9 Å². The van der Waals surface area contributed by atoms with E-state index in [0.29, 0.717) is 16.5 Å². The average molecular weight is 377 g/mol. The van der Waals surface area contributed by atoms with Crippen LogP contribution in [0.4, 0.5) is 4.39 Å². The largest absolute Gasteiger partial charge is 0.475 e. The van der Waals surface area contributed by atoms with Gasteiger partial charge in [0, 0.05) is 17.5 Å². The molecule has 0 amide bonds. The molecule has 1 aromatic heterocycles. The summed E-state index contributed by atoms with van der Waals surface area (Å²) >= 11 is 0. The predicted molar refractivity (Wildman–Crippen MR) is 93.4 cm³/mol. The minimum absolute atomic E-state index is 0.0916. The van der Waals surface area contributed by atoms with Gasteiger partial charge in [-0.3, -0.25) is 0 Å². The van der Waals surface area contributed by atoms with Gasteiger partial charge in [-0.25, -0.2) is 22.3 Å². The number of aromatic carboxylic acids is 1. The number of sulfonamides is 1. The molecule has 0 fully saturated rings. The van der Waals surface area contributed by atoms with Gasteiger partial charge in [-0.2, -0.15) is 0 Å². The summed E-state index contributed by atoms with van der Waals surface area (Å²) in [4.78, 5) is 11.0. The molecule has 0 radical (unpaired) electrons. The Balaban J connectivity index is 1.85. The van der Waals surface area contributed by atoms with Gasteiger partial charge in [-0.15, -0.1) is 0 Å². The molecule has 1 atom stereocenters. The Bertz CT molecular complexity index is 1060. The van der Waals surface area contributed by atoms with Crippen LogP contribution in [0.15, 0.2) is 57.8 Å². The van der Waals surface area contributed by atoms with E-state index in [4.69, 9.17) is 9.52 Å². The van der Waals surface area contributed by atoms with Crippen molar-refractivity contribution in [1.82, 2.24) is 4.72 Å². The van der Waals surface area contributed by atoms with E-state index >= 15 is 0 Å². The van der Waals surface area contributed by atoms with Gasteiger partial charge in [0.1, 0.15) is 11.8 Å². The maximum absolute atomic E-state index is 14.2. The summed E-state index contributed by atoms with van der Waals surface area (Å²) < 4.78 is 46.5. The van der Waals surface area contributed by atoms with Crippen molar-refractivity contribution in [3.05, 3.63) is 65.4 Å². The molecule has 2 aromatic carbocycles. The van der Waals surface area contributed by atoms with Gasteiger partial charge in [-0.1, -0.05) is 30.3 Å². The van der Waals surface area contributed by atoms with Gasteiger partial charge in [0.25, 0.3) is 0 Å². The molecule has 6 nitrogen and oxygen atoms in total. The zero-order chi connectivity index (χ0) is 18.9. The summed E-state index contributed by atoms with van der Waals surface area (Å²) in [5.74, 6) is -1.47. The second kappa shape index (κ2) is 6.89. The zero-order valence-corrected chi connectivity index (χ0v) is 14.6. The molecule has 0 bridgehead atoms. The Morgan fingerprint density at radius 2 is 1.92 bits per heavy atom. The molecule has 0 saturated carbocycles. The summed E-state index contributed by atoms with van der Waals surface area (Å²) in [6.45, 7) is 1.13. The first-order chi connectivity index (χ1) is 12.3. The molecular weight excluding hydrogens is 361 g/mol. The van der Waals surface area contributed by atoms with E-state index in [1.165, 1.54) is 25.1 Å². The quantitative estimate of drug-likeness (QED) is 0.686. The van der Waals surface area contributed by atoms with Crippen molar-refractivity contribution in [3.8, 4) is 0 Å². The number of nitrogens with one attached hydrogen (secondary N) is 1. The van der Waals surface area contributed by atoms with Crippen molar-refractivity contribution >= 4 is 27.0 Å². The van der Waals surface area contributed by atoms with Crippen molar-refractivity contribution < 1.29 is 27.1 Å². The maximum atomic E-state index is 14.2. The number of alkyl halides is 1. The normalized spacial score (nSPS) is 13.0. The number of rotatable bonds is 6. The molecule has 0 aliphatic carbocycles. The van der Waals surface area contributed by atoms with Crippen LogP contribution in [0.2, 0.25) is 0 Å². The van der Waals surface area contributed by atoms with Gasteiger partial charge in [0.2, 0.25) is 15.8 Å². The van der Waals surface area contributed by atoms with Gasteiger partial charge >= 0.3 is 5.97 Å². The second-order valence-electron chi connectivity index (χ2n) is 5.75. The maximum Gasteiger partial charge on any atom is 0.372 e. The van der Waals surface area contributed by atoms with Crippen LogP contribution in [0.5, 0.6) is 0 Å². The van der Waals surface area contributed by atoms with E-state index < -0.39 is 28.7 Å². The molecule has 8 heteroatoms. The van der Waals surface area contributed by atoms with Gasteiger partial charge < -0.3 is 9.52 Å². The van der Waals surface area contributed by atoms with E-state index in [2.05, 4.69) is 4.72 Å². The van der Waals surface area contributed by atoms with Crippen molar-refractivity contribution in [2.45, 2.75) is 18.0 Å². The summed E-state index contributed by atoms with van der Waals surface area (Å²) in [6.07, 6.45) is -1.48. The molecule has 0 spiro atoms. The Morgan fingerprint density at radius 1 is 1.23 bits per heavy atom. The molecule has 0 aliphatic heterocycles. The number of fused-ring (bicyclic) bond motifs is 1. The van der Waals surface area contributed by atoms with Crippen LogP contribution in [-0.2, 0) is 10.0 Å². The fraction of sp³-hybridized carbons (Fsp3) is 0.167. The third-order valence-corrected chi connectivity index (χ3v) is 5.45. The third kappa shape index (κ3) is 3.47. The Kier molecular flexibility index (Phi) is 4.80.